The van der Waals surface area contributed by atoms with E-state index in [9.17, 15) is 9.59 Å². The van der Waals surface area contributed by atoms with Crippen molar-refractivity contribution in [2.45, 2.75) is 6.42 Å². The maximum Gasteiger partial charge on any atom is 0.317 e. The van der Waals surface area contributed by atoms with E-state index in [1.807, 2.05) is 0 Å². The normalized spacial score (nSPS) is 10.4. The Morgan fingerprint density at radius 3 is 2.50 bits per heavy atom. The van der Waals surface area contributed by atoms with Crippen molar-refractivity contribution in [2.24, 2.45) is 5.73 Å². The first-order valence-electron chi connectivity index (χ1n) is 4.27. The van der Waals surface area contributed by atoms with Gasteiger partial charge in [0.2, 0.25) is 5.91 Å². The first-order valence-corrected chi connectivity index (χ1v) is 4.27. The van der Waals surface area contributed by atoms with Crippen LogP contribution in [0.3, 0.4) is 0 Å². The number of primary amides is 1. The van der Waals surface area contributed by atoms with Gasteiger partial charge in [0.25, 0.3) is 0 Å². The molecule has 0 radical (unpaired) electrons. The molecule has 14 heavy (non-hydrogen) atoms. The van der Waals surface area contributed by atoms with Crippen LogP contribution in [0.4, 0.5) is 0 Å². The lowest BCUT2D eigenvalue weighted by Gasteiger charge is -2.17. The van der Waals surface area contributed by atoms with Gasteiger partial charge in [-0.2, -0.15) is 0 Å². The van der Waals surface area contributed by atoms with Gasteiger partial charge in [0.15, 0.2) is 0 Å². The first-order chi connectivity index (χ1) is 6.56. The molecular formula is C8H16N2O4. The molecule has 0 aromatic carbocycles. The van der Waals surface area contributed by atoms with Gasteiger partial charge in [-0.25, -0.2) is 0 Å². The Morgan fingerprint density at radius 2 is 2.07 bits per heavy atom. The Hall–Kier alpha value is -1.14. The molecular weight excluding hydrogens is 188 g/mol. The van der Waals surface area contributed by atoms with Gasteiger partial charge in [-0.15, -0.1) is 0 Å². The Kier molecular flexibility index (Phi) is 6.69. The van der Waals surface area contributed by atoms with Crippen molar-refractivity contribution in [2.75, 3.05) is 33.4 Å². The van der Waals surface area contributed by atoms with Crippen LogP contribution in [0.25, 0.3) is 0 Å². The van der Waals surface area contributed by atoms with E-state index in [0.29, 0.717) is 19.6 Å². The predicted octanol–water partition coefficient (Wildman–Crippen LogP) is -1.11. The summed E-state index contributed by atoms with van der Waals surface area (Å²) in [6.45, 7) is 0.820. The fourth-order valence-electron chi connectivity index (χ4n) is 1.06. The highest BCUT2D eigenvalue weighted by molar-refractivity contribution is 5.77. The Bertz CT molecular complexity index is 180. The molecule has 0 aromatic rings. The number of nitrogens with zero attached hydrogens (tertiary/aromatic N) is 1. The number of rotatable bonds is 8. The molecule has 0 saturated heterocycles. The van der Waals surface area contributed by atoms with Crippen LogP contribution in [0.5, 0.6) is 0 Å². The van der Waals surface area contributed by atoms with E-state index in [4.69, 9.17) is 15.6 Å². The third-order valence-corrected chi connectivity index (χ3v) is 1.56. The molecule has 0 aliphatic rings. The zero-order chi connectivity index (χ0) is 11.0. The number of carboxylic acid groups (broad SMARTS) is 1. The zero-order valence-corrected chi connectivity index (χ0v) is 8.23. The predicted molar refractivity (Wildman–Crippen MR) is 49.8 cm³/mol. The highest BCUT2D eigenvalue weighted by Crippen LogP contribution is 1.91. The van der Waals surface area contributed by atoms with Crippen molar-refractivity contribution in [1.82, 2.24) is 4.90 Å². The van der Waals surface area contributed by atoms with Gasteiger partial charge in [-0.1, -0.05) is 0 Å². The average molecular weight is 204 g/mol. The Balaban J connectivity index is 3.84. The monoisotopic (exact) mass is 204 g/mol. The van der Waals surface area contributed by atoms with Gasteiger partial charge in [0.05, 0.1) is 13.1 Å². The van der Waals surface area contributed by atoms with Gasteiger partial charge in [-0.3, -0.25) is 14.5 Å². The average Bonchev–Trinajstić information content (AvgIpc) is 2.02. The molecule has 0 heterocycles. The lowest BCUT2D eigenvalue weighted by molar-refractivity contribution is -0.138. The van der Waals surface area contributed by atoms with Crippen molar-refractivity contribution in [1.29, 1.82) is 0 Å². The summed E-state index contributed by atoms with van der Waals surface area (Å²) in [5.74, 6) is -1.49. The molecule has 0 spiro atoms. The van der Waals surface area contributed by atoms with E-state index < -0.39 is 11.9 Å². The van der Waals surface area contributed by atoms with Crippen LogP contribution in [-0.2, 0) is 14.3 Å². The summed E-state index contributed by atoms with van der Waals surface area (Å²) >= 11 is 0. The number of carbonyl (C=O) groups is 2. The van der Waals surface area contributed by atoms with E-state index in [1.54, 1.807) is 7.11 Å². The minimum Gasteiger partial charge on any atom is -0.480 e. The molecule has 0 bridgehead atoms. The highest BCUT2D eigenvalue weighted by atomic mass is 16.5. The van der Waals surface area contributed by atoms with Crippen LogP contribution in [0.2, 0.25) is 0 Å². The van der Waals surface area contributed by atoms with Crippen LogP contribution < -0.4 is 5.73 Å². The number of nitrogens with two attached hydrogens (primary N) is 1. The van der Waals surface area contributed by atoms with Crippen molar-refractivity contribution in [3.05, 3.63) is 0 Å². The third kappa shape index (κ3) is 7.51. The number of hydrogen-bond donors (Lipinski definition) is 2. The number of methoxy groups -OCH3 is 1. The summed E-state index contributed by atoms with van der Waals surface area (Å²) in [4.78, 5) is 22.5. The molecule has 1 amide bonds. The molecule has 6 nitrogen and oxygen atoms in total. The smallest absolute Gasteiger partial charge is 0.317 e. The number of carboxylic acids is 1. The maximum atomic E-state index is 10.6. The summed E-state index contributed by atoms with van der Waals surface area (Å²) < 4.78 is 4.81. The van der Waals surface area contributed by atoms with E-state index in [2.05, 4.69) is 0 Å². The molecule has 0 fully saturated rings. The molecule has 0 aromatic heterocycles. The van der Waals surface area contributed by atoms with Crippen molar-refractivity contribution in [3.63, 3.8) is 0 Å². The molecule has 0 unspecified atom stereocenters. The minimum absolute atomic E-state index is 0.0317. The van der Waals surface area contributed by atoms with Gasteiger partial charge in [-0.05, 0) is 6.42 Å². The second-order valence-corrected chi connectivity index (χ2v) is 2.92. The molecule has 0 saturated carbocycles. The van der Waals surface area contributed by atoms with Crippen molar-refractivity contribution < 1.29 is 19.4 Å². The second-order valence-electron chi connectivity index (χ2n) is 2.92. The van der Waals surface area contributed by atoms with E-state index >= 15 is 0 Å². The molecule has 0 rings (SSSR count). The molecule has 0 atom stereocenters. The van der Waals surface area contributed by atoms with Gasteiger partial charge in [0.1, 0.15) is 0 Å². The third-order valence-electron chi connectivity index (χ3n) is 1.56. The van der Waals surface area contributed by atoms with E-state index in [0.717, 1.165) is 0 Å². The number of aliphatic carboxylic acids is 1. The molecule has 82 valence electrons. The van der Waals surface area contributed by atoms with Crippen LogP contribution in [0.1, 0.15) is 6.42 Å². The molecule has 0 aliphatic carbocycles. The summed E-state index contributed by atoms with van der Waals surface area (Å²) in [6.07, 6.45) is 0.678. The van der Waals surface area contributed by atoms with Gasteiger partial charge < -0.3 is 15.6 Å². The summed E-state index contributed by atoms with van der Waals surface area (Å²) in [5.41, 5.74) is 4.97. The fourth-order valence-corrected chi connectivity index (χ4v) is 1.06. The lowest BCUT2D eigenvalue weighted by Crippen LogP contribution is -2.38. The number of carbonyl (C=O) groups excluding carboxylic acids is 1. The topological polar surface area (TPSA) is 92.9 Å². The Morgan fingerprint density at radius 1 is 1.43 bits per heavy atom. The van der Waals surface area contributed by atoms with Gasteiger partial charge in [0, 0.05) is 20.3 Å². The van der Waals surface area contributed by atoms with Crippen molar-refractivity contribution >= 4 is 11.9 Å². The van der Waals surface area contributed by atoms with Crippen LogP contribution >= 0.6 is 0 Å². The highest BCUT2D eigenvalue weighted by Gasteiger charge is 2.11. The molecule has 6 heteroatoms. The quantitative estimate of drug-likeness (QED) is 0.489. The minimum atomic E-state index is -0.969. The summed E-state index contributed by atoms with van der Waals surface area (Å²) in [5, 5.41) is 8.53. The lowest BCUT2D eigenvalue weighted by atomic mass is 10.3. The second kappa shape index (κ2) is 7.28. The zero-order valence-electron chi connectivity index (χ0n) is 8.23. The van der Waals surface area contributed by atoms with Crippen LogP contribution in [-0.4, -0.2) is 55.2 Å². The number of hydrogen-bond acceptors (Lipinski definition) is 4. The Labute approximate surface area is 82.6 Å². The maximum absolute atomic E-state index is 10.6. The van der Waals surface area contributed by atoms with Crippen LogP contribution in [0, 0.1) is 0 Å². The largest absolute Gasteiger partial charge is 0.480 e. The fraction of sp³-hybridized carbons (Fsp3) is 0.750. The summed E-state index contributed by atoms with van der Waals surface area (Å²) in [6, 6.07) is 0. The summed E-state index contributed by atoms with van der Waals surface area (Å²) in [7, 11) is 1.57. The number of ether oxygens (including phenoxy) is 1. The number of amides is 1. The molecule has 0 aliphatic heterocycles. The van der Waals surface area contributed by atoms with E-state index in [1.165, 1.54) is 4.90 Å². The van der Waals surface area contributed by atoms with Gasteiger partial charge >= 0.3 is 5.97 Å². The van der Waals surface area contributed by atoms with Crippen LogP contribution in [0.15, 0.2) is 0 Å². The first kappa shape index (κ1) is 12.9. The van der Waals surface area contributed by atoms with Crippen molar-refractivity contribution in [3.8, 4) is 0 Å². The molecule has 3 N–H and O–H groups in total. The van der Waals surface area contributed by atoms with E-state index in [-0.39, 0.29) is 13.1 Å². The standard InChI is InChI=1S/C8H16N2O4/c1-14-4-2-3-10(5-7(9)11)6-8(12)13/h2-6H2,1H3,(H2,9,11)(H,12,13). The SMILES string of the molecule is COCCCN(CC(N)=O)CC(=O)O.